The second-order valence-corrected chi connectivity index (χ2v) is 5.25. The van der Waals surface area contributed by atoms with Gasteiger partial charge in [-0.1, -0.05) is 12.1 Å². The summed E-state index contributed by atoms with van der Waals surface area (Å²) in [6.07, 6.45) is 0.446. The highest BCUT2D eigenvalue weighted by Crippen LogP contribution is 2.31. The number of rotatable bonds is 4. The van der Waals surface area contributed by atoms with E-state index in [0.717, 1.165) is 12.1 Å². The average molecular weight is 350 g/mol. The number of aromatic nitrogens is 3. The maximum atomic E-state index is 12.7. The van der Waals surface area contributed by atoms with Gasteiger partial charge >= 0.3 is 6.18 Å². The van der Waals surface area contributed by atoms with Crippen molar-refractivity contribution in [1.29, 1.82) is 0 Å². The number of hydrogen-bond donors (Lipinski definition) is 2. The molecule has 2 aromatic heterocycles. The maximum absolute atomic E-state index is 12.7. The van der Waals surface area contributed by atoms with E-state index in [4.69, 9.17) is 5.11 Å². The number of imidazole rings is 1. The number of aliphatic hydroxyl groups excluding tert-OH is 1. The highest BCUT2D eigenvalue weighted by Gasteiger charge is 2.30. The first-order chi connectivity index (χ1) is 11.9. The van der Waals surface area contributed by atoms with Crippen LogP contribution in [0.15, 0.2) is 42.9 Å². The number of amides is 1. The Morgan fingerprint density at radius 1 is 1.24 bits per heavy atom. The molecule has 0 atom stereocenters. The molecule has 1 aromatic carbocycles. The summed E-state index contributed by atoms with van der Waals surface area (Å²) in [6.45, 7) is -0.569. The summed E-state index contributed by atoms with van der Waals surface area (Å²) in [5, 5.41) is 11.2. The molecule has 0 fully saturated rings. The zero-order valence-electron chi connectivity index (χ0n) is 12.8. The van der Waals surface area contributed by atoms with Gasteiger partial charge in [0.15, 0.2) is 5.65 Å². The SMILES string of the molecule is O=C(CO)NCc1cn2ccnc2c(-c2ccc(C(F)(F)F)cc2)n1. The molecule has 0 bridgehead atoms. The highest BCUT2D eigenvalue weighted by atomic mass is 19.4. The minimum Gasteiger partial charge on any atom is -0.387 e. The van der Waals surface area contributed by atoms with Crippen molar-refractivity contribution in [2.75, 3.05) is 6.61 Å². The second-order valence-electron chi connectivity index (χ2n) is 5.25. The molecule has 130 valence electrons. The fraction of sp³-hybridized carbons (Fsp3) is 0.188. The first-order valence-electron chi connectivity index (χ1n) is 7.26. The van der Waals surface area contributed by atoms with Crippen molar-refractivity contribution in [3.8, 4) is 11.3 Å². The summed E-state index contributed by atoms with van der Waals surface area (Å²) in [6, 6.07) is 4.62. The Morgan fingerprint density at radius 3 is 2.60 bits per heavy atom. The van der Waals surface area contributed by atoms with Gasteiger partial charge in [0.1, 0.15) is 12.3 Å². The predicted molar refractivity (Wildman–Crippen MR) is 82.4 cm³/mol. The van der Waals surface area contributed by atoms with Crippen LogP contribution < -0.4 is 5.32 Å². The van der Waals surface area contributed by atoms with E-state index in [1.807, 2.05) is 0 Å². The summed E-state index contributed by atoms with van der Waals surface area (Å²) in [4.78, 5) is 19.7. The van der Waals surface area contributed by atoms with E-state index in [1.165, 1.54) is 12.1 Å². The molecule has 25 heavy (non-hydrogen) atoms. The summed E-state index contributed by atoms with van der Waals surface area (Å²) in [5.41, 5.74) is 1.08. The van der Waals surface area contributed by atoms with Crippen molar-refractivity contribution in [2.24, 2.45) is 0 Å². The molecule has 0 aliphatic heterocycles. The van der Waals surface area contributed by atoms with Gasteiger partial charge in [0.25, 0.3) is 0 Å². The fourth-order valence-electron chi connectivity index (χ4n) is 2.32. The van der Waals surface area contributed by atoms with Crippen LogP contribution in [0, 0.1) is 0 Å². The van der Waals surface area contributed by atoms with E-state index >= 15 is 0 Å². The summed E-state index contributed by atoms with van der Waals surface area (Å²) < 4.78 is 39.8. The lowest BCUT2D eigenvalue weighted by Crippen LogP contribution is -2.26. The second kappa shape index (κ2) is 6.52. The molecule has 0 aliphatic carbocycles. The summed E-state index contributed by atoms with van der Waals surface area (Å²) >= 11 is 0. The number of carbonyl (C=O) groups is 1. The Morgan fingerprint density at radius 2 is 1.96 bits per heavy atom. The Balaban J connectivity index is 1.99. The third-order valence-electron chi connectivity index (χ3n) is 3.52. The average Bonchev–Trinajstić information content (AvgIpc) is 3.06. The fourth-order valence-corrected chi connectivity index (χ4v) is 2.32. The van der Waals surface area contributed by atoms with Crippen molar-refractivity contribution in [3.05, 3.63) is 54.1 Å². The lowest BCUT2D eigenvalue weighted by Gasteiger charge is -2.10. The highest BCUT2D eigenvalue weighted by molar-refractivity contribution is 5.77. The van der Waals surface area contributed by atoms with E-state index in [-0.39, 0.29) is 6.54 Å². The number of aliphatic hydroxyl groups is 1. The van der Waals surface area contributed by atoms with Gasteiger partial charge in [0, 0.05) is 24.2 Å². The van der Waals surface area contributed by atoms with Crippen LogP contribution in [0.5, 0.6) is 0 Å². The molecule has 0 saturated carbocycles. The Bertz CT molecular complexity index is 904. The number of nitrogens with zero attached hydrogens (tertiary/aromatic N) is 3. The number of halogens is 3. The minimum absolute atomic E-state index is 0.0706. The molecular formula is C16H13F3N4O2. The van der Waals surface area contributed by atoms with Crippen LogP contribution in [0.3, 0.4) is 0 Å². The number of fused-ring (bicyclic) bond motifs is 1. The van der Waals surface area contributed by atoms with Gasteiger partial charge in [-0.15, -0.1) is 0 Å². The summed E-state index contributed by atoms with van der Waals surface area (Å²) in [7, 11) is 0. The van der Waals surface area contributed by atoms with Crippen LogP contribution in [0.25, 0.3) is 16.9 Å². The predicted octanol–water partition coefficient (Wildman–Crippen LogP) is 2.02. The lowest BCUT2D eigenvalue weighted by molar-refractivity contribution is -0.137. The number of carbonyl (C=O) groups excluding carboxylic acids is 1. The first-order valence-corrected chi connectivity index (χ1v) is 7.26. The molecule has 0 spiro atoms. The molecule has 0 aliphatic rings. The smallest absolute Gasteiger partial charge is 0.387 e. The van der Waals surface area contributed by atoms with Crippen LogP contribution in [0.2, 0.25) is 0 Å². The maximum Gasteiger partial charge on any atom is 0.416 e. The van der Waals surface area contributed by atoms with E-state index in [1.54, 1.807) is 23.0 Å². The van der Waals surface area contributed by atoms with Crippen LogP contribution in [-0.2, 0) is 17.5 Å². The molecule has 2 N–H and O–H groups in total. The Kier molecular flexibility index (Phi) is 4.41. The zero-order chi connectivity index (χ0) is 18.0. The van der Waals surface area contributed by atoms with E-state index in [2.05, 4.69) is 15.3 Å². The molecule has 3 rings (SSSR count). The molecule has 2 heterocycles. The van der Waals surface area contributed by atoms with Crippen LogP contribution in [-0.4, -0.2) is 32.0 Å². The third-order valence-corrected chi connectivity index (χ3v) is 3.52. The zero-order valence-corrected chi connectivity index (χ0v) is 12.8. The van der Waals surface area contributed by atoms with Gasteiger partial charge in [0.05, 0.1) is 17.8 Å². The molecule has 9 heteroatoms. The Hall–Kier alpha value is -2.94. The number of alkyl halides is 3. The topological polar surface area (TPSA) is 79.5 Å². The summed E-state index contributed by atoms with van der Waals surface area (Å²) in [5.74, 6) is -0.552. The molecule has 0 saturated heterocycles. The standard InChI is InChI=1S/C16H13F3N4O2/c17-16(18,19)11-3-1-10(2-4-11)14-15-20-5-6-23(15)8-12(22-14)7-21-13(25)9-24/h1-6,8,24H,7,9H2,(H,21,25). The van der Waals surface area contributed by atoms with Crippen molar-refractivity contribution < 1.29 is 23.1 Å². The molecule has 0 radical (unpaired) electrons. The van der Waals surface area contributed by atoms with Gasteiger partial charge in [0.2, 0.25) is 5.91 Å². The van der Waals surface area contributed by atoms with Crippen molar-refractivity contribution in [3.63, 3.8) is 0 Å². The molecule has 3 aromatic rings. The van der Waals surface area contributed by atoms with Crippen LogP contribution in [0.4, 0.5) is 13.2 Å². The number of benzene rings is 1. The van der Waals surface area contributed by atoms with Gasteiger partial charge < -0.3 is 14.8 Å². The molecule has 6 nitrogen and oxygen atoms in total. The van der Waals surface area contributed by atoms with E-state index in [0.29, 0.717) is 22.6 Å². The van der Waals surface area contributed by atoms with Gasteiger partial charge in [-0.3, -0.25) is 4.79 Å². The largest absolute Gasteiger partial charge is 0.416 e. The van der Waals surface area contributed by atoms with Crippen LogP contribution in [0.1, 0.15) is 11.3 Å². The molecular weight excluding hydrogens is 337 g/mol. The van der Waals surface area contributed by atoms with E-state index < -0.39 is 24.3 Å². The number of hydrogen-bond acceptors (Lipinski definition) is 4. The van der Waals surface area contributed by atoms with Gasteiger partial charge in [-0.25, -0.2) is 9.97 Å². The lowest BCUT2D eigenvalue weighted by atomic mass is 10.1. The molecule has 0 unspecified atom stereocenters. The normalized spacial score (nSPS) is 11.7. The third kappa shape index (κ3) is 3.61. The first kappa shape index (κ1) is 16.9. The van der Waals surface area contributed by atoms with Crippen LogP contribution >= 0.6 is 0 Å². The Labute approximate surface area is 140 Å². The molecule has 1 amide bonds. The minimum atomic E-state index is -4.41. The van der Waals surface area contributed by atoms with Crippen molar-refractivity contribution in [1.82, 2.24) is 19.7 Å². The monoisotopic (exact) mass is 350 g/mol. The van der Waals surface area contributed by atoms with Crippen molar-refractivity contribution in [2.45, 2.75) is 12.7 Å². The van der Waals surface area contributed by atoms with Crippen molar-refractivity contribution >= 4 is 11.6 Å². The van der Waals surface area contributed by atoms with E-state index in [9.17, 15) is 18.0 Å². The quantitative estimate of drug-likeness (QED) is 0.755. The van der Waals surface area contributed by atoms with Gasteiger partial charge in [-0.05, 0) is 12.1 Å². The number of nitrogens with one attached hydrogen (secondary N) is 1. The van der Waals surface area contributed by atoms with Gasteiger partial charge in [-0.2, -0.15) is 13.2 Å².